The Morgan fingerprint density at radius 2 is 1.40 bits per heavy atom. The van der Waals surface area contributed by atoms with Crippen LogP contribution in [0.4, 0.5) is 0 Å². The molecule has 7 rings (SSSR count). The number of amides is 1. The van der Waals surface area contributed by atoms with E-state index in [-0.39, 0.29) is 35.3 Å². The van der Waals surface area contributed by atoms with Gasteiger partial charge in [-0.2, -0.15) is 0 Å². The molecule has 4 aliphatic rings. The minimum Gasteiger partial charge on any atom is -0.456 e. The van der Waals surface area contributed by atoms with Crippen LogP contribution in [0.1, 0.15) is 86.7 Å². The maximum atomic E-state index is 15.5. The molecule has 2 saturated carbocycles. The van der Waals surface area contributed by atoms with Gasteiger partial charge < -0.3 is 44.3 Å². The Labute approximate surface area is 358 Å². The average Bonchev–Trinajstić information content (AvgIpc) is 3.24. The van der Waals surface area contributed by atoms with Crippen molar-refractivity contribution in [3.63, 3.8) is 0 Å². The van der Waals surface area contributed by atoms with E-state index in [1.165, 1.54) is 26.0 Å². The molecule has 4 N–H and O–H groups in total. The standard InChI is InChI=1S/C47H51NO14/c1-25-31(60-43(56)36(52)35(28-16-10-7-11-17-28)48-41(54)29-18-12-8-13-19-29)23-47(57)40(61-42(55)30-20-14-9-15-21-30)38-45(6,32(51)22-33-46(38,24-58-33)62-27(3)50)39(53)37(59-26(2)49)34(25)44(47,4)5/h7-21,31-33,35-38,40,51-52,57H,22-24H2,1-6H3,(H,48,54)/t31?,32-,33+,35?,36?,37+,38?,40?,45+,46-,47+/m0/s1. The smallest absolute Gasteiger partial charge is 0.338 e. The van der Waals surface area contributed by atoms with Crippen LogP contribution in [-0.2, 0) is 42.9 Å². The highest BCUT2D eigenvalue weighted by molar-refractivity contribution is 5.96. The number of hydrogen-bond acceptors (Lipinski definition) is 14. The predicted octanol–water partition coefficient (Wildman–Crippen LogP) is 3.74. The molecule has 328 valence electrons. The fourth-order valence-electron chi connectivity index (χ4n) is 10.2. The summed E-state index contributed by atoms with van der Waals surface area (Å²) in [6.45, 7) is 7.97. The number of fused-ring (bicyclic) bond motifs is 5. The molecule has 3 fully saturated rings. The van der Waals surface area contributed by atoms with Crippen LogP contribution in [0.3, 0.4) is 0 Å². The lowest BCUT2D eigenvalue weighted by Gasteiger charge is -2.67. The topological polar surface area (TPSA) is 221 Å². The minimum atomic E-state index is -2.39. The second-order valence-electron chi connectivity index (χ2n) is 17.4. The van der Waals surface area contributed by atoms with E-state index in [4.69, 9.17) is 23.7 Å². The van der Waals surface area contributed by atoms with E-state index < -0.39 is 113 Å². The summed E-state index contributed by atoms with van der Waals surface area (Å²) >= 11 is 0. The minimum absolute atomic E-state index is 0.00289. The molecule has 1 heterocycles. The molecule has 62 heavy (non-hydrogen) atoms. The monoisotopic (exact) mass is 853 g/mol. The van der Waals surface area contributed by atoms with Crippen molar-refractivity contribution in [3.05, 3.63) is 119 Å². The van der Waals surface area contributed by atoms with E-state index in [1.807, 2.05) is 0 Å². The lowest BCUT2D eigenvalue weighted by atomic mass is 9.44. The first-order valence-electron chi connectivity index (χ1n) is 20.5. The molecule has 0 aromatic heterocycles. The highest BCUT2D eigenvalue weighted by Crippen LogP contribution is 2.64. The summed E-state index contributed by atoms with van der Waals surface area (Å²) in [6.07, 6.45) is -10.5. The molecule has 1 amide bonds. The van der Waals surface area contributed by atoms with Gasteiger partial charge >= 0.3 is 23.9 Å². The van der Waals surface area contributed by atoms with Gasteiger partial charge in [0.25, 0.3) is 5.91 Å². The fraction of sp³-hybridized carbons (Fsp3) is 0.447. The van der Waals surface area contributed by atoms with Gasteiger partial charge in [-0.05, 0) is 54.8 Å². The maximum absolute atomic E-state index is 15.5. The summed E-state index contributed by atoms with van der Waals surface area (Å²) in [6, 6.07) is 22.9. The van der Waals surface area contributed by atoms with Crippen LogP contribution in [0.2, 0.25) is 0 Å². The normalized spacial score (nSPS) is 31.9. The zero-order valence-electron chi connectivity index (χ0n) is 35.2. The summed E-state index contributed by atoms with van der Waals surface area (Å²) < 4.78 is 30.3. The number of hydrogen-bond donors (Lipinski definition) is 4. The first kappa shape index (κ1) is 44.3. The molecule has 0 spiro atoms. The number of ketones is 1. The SMILES string of the molecule is CC(=O)O[C@H]1C(=O)[C@@]2(C)C(C(OC(=O)c3ccccc3)[C@]3(O)CC(OC(=O)C(O)C(NC(=O)c4ccccc4)c4ccccc4)C(C)=C1C3(C)C)[C@]1(OC(C)=O)CO[C@@H]1C[C@@H]2O. The number of nitrogens with one attached hydrogen (secondary N) is 1. The van der Waals surface area contributed by atoms with Gasteiger partial charge in [-0.3, -0.25) is 19.2 Å². The van der Waals surface area contributed by atoms with E-state index in [0.717, 1.165) is 13.8 Å². The zero-order chi connectivity index (χ0) is 44.9. The molecular formula is C47H51NO14. The van der Waals surface area contributed by atoms with Crippen molar-refractivity contribution in [1.29, 1.82) is 0 Å². The molecule has 1 saturated heterocycles. The fourth-order valence-corrected chi connectivity index (χ4v) is 10.2. The third-order valence-corrected chi connectivity index (χ3v) is 13.5. The van der Waals surface area contributed by atoms with Gasteiger partial charge in [0.05, 0.1) is 35.6 Å². The molecule has 3 aromatic rings. The van der Waals surface area contributed by atoms with Gasteiger partial charge in [-0.15, -0.1) is 0 Å². The molecule has 2 bridgehead atoms. The van der Waals surface area contributed by atoms with Crippen LogP contribution in [0.15, 0.2) is 102 Å². The quantitative estimate of drug-likeness (QED) is 0.130. The molecule has 1 aliphatic heterocycles. The molecule has 11 atom stereocenters. The average molecular weight is 854 g/mol. The number of aliphatic hydroxyl groups is 3. The van der Waals surface area contributed by atoms with Crippen molar-refractivity contribution in [2.75, 3.05) is 6.61 Å². The third-order valence-electron chi connectivity index (χ3n) is 13.5. The van der Waals surface area contributed by atoms with Gasteiger partial charge in [0.15, 0.2) is 23.6 Å². The Morgan fingerprint density at radius 1 is 0.823 bits per heavy atom. The highest BCUT2D eigenvalue weighted by Gasteiger charge is 2.78. The van der Waals surface area contributed by atoms with Crippen LogP contribution >= 0.6 is 0 Å². The lowest BCUT2D eigenvalue weighted by Crippen LogP contribution is -2.82. The number of esters is 4. The summed E-state index contributed by atoms with van der Waals surface area (Å²) in [5.74, 6) is -6.84. The van der Waals surface area contributed by atoms with Crippen LogP contribution in [0, 0.1) is 16.7 Å². The van der Waals surface area contributed by atoms with E-state index in [9.17, 15) is 39.3 Å². The van der Waals surface area contributed by atoms with Crippen molar-refractivity contribution in [3.8, 4) is 0 Å². The molecule has 3 aliphatic carbocycles. The van der Waals surface area contributed by atoms with Crippen molar-refractivity contribution >= 4 is 35.6 Å². The Kier molecular flexibility index (Phi) is 11.8. The van der Waals surface area contributed by atoms with Gasteiger partial charge in [0.2, 0.25) is 0 Å². The second kappa shape index (κ2) is 16.5. The Balaban J connectivity index is 1.39. The van der Waals surface area contributed by atoms with Gasteiger partial charge in [0, 0.05) is 37.7 Å². The first-order chi connectivity index (χ1) is 29.3. The Hall–Kier alpha value is -5.74. The van der Waals surface area contributed by atoms with Crippen LogP contribution in [0.25, 0.3) is 0 Å². The molecule has 5 unspecified atom stereocenters. The van der Waals surface area contributed by atoms with Crippen LogP contribution in [-0.4, -0.2) is 105 Å². The largest absolute Gasteiger partial charge is 0.456 e. The van der Waals surface area contributed by atoms with Crippen molar-refractivity contribution < 1.29 is 67.8 Å². The van der Waals surface area contributed by atoms with Crippen molar-refractivity contribution in [2.45, 2.75) is 108 Å². The zero-order valence-corrected chi connectivity index (χ0v) is 35.2. The number of aliphatic hydroxyl groups excluding tert-OH is 2. The van der Waals surface area contributed by atoms with Gasteiger partial charge in [0.1, 0.15) is 23.9 Å². The number of benzene rings is 3. The van der Waals surface area contributed by atoms with Gasteiger partial charge in [-0.1, -0.05) is 80.6 Å². The highest BCUT2D eigenvalue weighted by atomic mass is 16.6. The predicted molar refractivity (Wildman–Crippen MR) is 218 cm³/mol. The number of carbonyl (C=O) groups excluding carboxylic acids is 6. The summed E-state index contributed by atoms with van der Waals surface area (Å²) in [5.41, 5.74) is -7.02. The molecule has 15 nitrogen and oxygen atoms in total. The molecule has 3 aromatic carbocycles. The lowest BCUT2D eigenvalue weighted by molar-refractivity contribution is -0.346. The molecule has 0 radical (unpaired) electrons. The van der Waals surface area contributed by atoms with Crippen LogP contribution < -0.4 is 5.32 Å². The van der Waals surface area contributed by atoms with Gasteiger partial charge in [-0.25, -0.2) is 9.59 Å². The van der Waals surface area contributed by atoms with Crippen molar-refractivity contribution in [2.24, 2.45) is 16.7 Å². The van der Waals surface area contributed by atoms with E-state index in [0.29, 0.717) is 5.56 Å². The Morgan fingerprint density at radius 3 is 1.95 bits per heavy atom. The van der Waals surface area contributed by atoms with E-state index in [1.54, 1.807) is 92.7 Å². The summed E-state index contributed by atoms with van der Waals surface area (Å²) in [4.78, 5) is 83.5. The third kappa shape index (κ3) is 7.29. The summed E-state index contributed by atoms with van der Waals surface area (Å²) in [5, 5.41) is 40.2. The van der Waals surface area contributed by atoms with Crippen LogP contribution in [0.5, 0.6) is 0 Å². The molecular weight excluding hydrogens is 803 g/mol. The summed E-state index contributed by atoms with van der Waals surface area (Å²) in [7, 11) is 0. The maximum Gasteiger partial charge on any atom is 0.338 e. The number of rotatable bonds is 10. The number of Topliss-reactive ketones (excluding diaryl/α,β-unsaturated/α-hetero) is 1. The van der Waals surface area contributed by atoms with E-state index in [2.05, 4.69) is 5.32 Å². The second-order valence-corrected chi connectivity index (χ2v) is 17.4. The molecule has 15 heteroatoms. The van der Waals surface area contributed by atoms with Crippen molar-refractivity contribution in [1.82, 2.24) is 5.32 Å². The Bertz CT molecular complexity index is 2280. The number of ether oxygens (including phenoxy) is 5. The first-order valence-corrected chi connectivity index (χ1v) is 20.5. The van der Waals surface area contributed by atoms with E-state index >= 15 is 4.79 Å². The number of carbonyl (C=O) groups is 6.